The van der Waals surface area contributed by atoms with E-state index in [4.69, 9.17) is 8.83 Å². The number of hydrogen-bond acceptors (Lipinski definition) is 4. The van der Waals surface area contributed by atoms with Crippen LogP contribution >= 0.6 is 11.3 Å². The van der Waals surface area contributed by atoms with Crippen molar-refractivity contribution in [2.45, 2.75) is 0 Å². The van der Waals surface area contributed by atoms with Gasteiger partial charge in [-0.05, 0) is 24.3 Å². The van der Waals surface area contributed by atoms with Crippen molar-refractivity contribution in [3.63, 3.8) is 0 Å². The summed E-state index contributed by atoms with van der Waals surface area (Å²) in [7, 11) is 0. The van der Waals surface area contributed by atoms with Crippen molar-refractivity contribution in [1.29, 1.82) is 0 Å². The molecule has 0 bridgehead atoms. The van der Waals surface area contributed by atoms with Crippen LogP contribution in [0.25, 0.3) is 20.6 Å². The van der Waals surface area contributed by atoms with Gasteiger partial charge in [0, 0.05) is 0 Å². The topological polar surface area (TPSA) is 43.4 Å². The monoisotopic (exact) mass is 244 g/mol. The van der Waals surface area contributed by atoms with E-state index < -0.39 is 5.82 Å². The van der Waals surface area contributed by atoms with Crippen LogP contribution < -0.4 is 5.82 Å². The Bertz CT molecular complexity index is 715. The van der Waals surface area contributed by atoms with Gasteiger partial charge >= 0.3 is 5.82 Å². The summed E-state index contributed by atoms with van der Waals surface area (Å²) >= 11 is 1.52. The normalized spacial score (nSPS) is 10.6. The lowest BCUT2D eigenvalue weighted by molar-refractivity contribution is 0.376. The van der Waals surface area contributed by atoms with Crippen LogP contribution in [0.3, 0.4) is 0 Å². The first-order valence-electron chi connectivity index (χ1n) is 5.08. The Morgan fingerprint density at radius 1 is 0.765 bits per heavy atom. The lowest BCUT2D eigenvalue weighted by Gasteiger charge is -1.94. The highest BCUT2D eigenvalue weighted by Gasteiger charge is 1.98. The van der Waals surface area contributed by atoms with Crippen LogP contribution in [0, 0.1) is 0 Å². The molecule has 3 nitrogen and oxygen atoms in total. The van der Waals surface area contributed by atoms with Gasteiger partial charge in [0.05, 0.1) is 9.40 Å². The second-order valence-corrected chi connectivity index (χ2v) is 4.53. The standard InChI is InChI=1S/C13H8O3S/c14-13-15-9-5-1-3-7-11(9)17-12-8-4-2-6-10(12)16-13/h1-8H. The van der Waals surface area contributed by atoms with Gasteiger partial charge in [0.15, 0.2) is 11.2 Å². The highest BCUT2D eigenvalue weighted by atomic mass is 32.1. The predicted molar refractivity (Wildman–Crippen MR) is 67.8 cm³/mol. The van der Waals surface area contributed by atoms with Gasteiger partial charge in [-0.15, -0.1) is 11.3 Å². The first-order chi connectivity index (χ1) is 8.33. The smallest absolute Gasteiger partial charge is 0.393 e. The summed E-state index contributed by atoms with van der Waals surface area (Å²) in [6.45, 7) is 0. The number of benzene rings is 2. The largest absolute Gasteiger partial charge is 0.519 e. The minimum atomic E-state index is -0.704. The third-order valence-electron chi connectivity index (χ3n) is 2.30. The second-order valence-electron chi connectivity index (χ2n) is 3.45. The van der Waals surface area contributed by atoms with E-state index in [1.165, 1.54) is 11.3 Å². The Hall–Kier alpha value is -2.07. The summed E-state index contributed by atoms with van der Waals surface area (Å²) in [4.78, 5) is 11.5. The fraction of sp³-hybridized carbons (Fsp3) is 0. The van der Waals surface area contributed by atoms with E-state index in [1.807, 2.05) is 36.4 Å². The van der Waals surface area contributed by atoms with Crippen molar-refractivity contribution in [1.82, 2.24) is 0 Å². The van der Waals surface area contributed by atoms with Gasteiger partial charge in [0.1, 0.15) is 0 Å². The SMILES string of the molecule is O=c1oc2ccccc2sc2ccccc2o1. The Morgan fingerprint density at radius 2 is 1.24 bits per heavy atom. The molecule has 0 spiro atoms. The number of para-hydroxylation sites is 2. The first-order valence-corrected chi connectivity index (χ1v) is 5.90. The molecule has 0 fully saturated rings. The maximum Gasteiger partial charge on any atom is 0.519 e. The number of fused-ring (bicyclic) bond motifs is 2. The molecule has 0 saturated heterocycles. The zero-order valence-electron chi connectivity index (χ0n) is 8.75. The van der Waals surface area contributed by atoms with E-state index in [1.54, 1.807) is 12.1 Å². The molecule has 2 aromatic carbocycles. The van der Waals surface area contributed by atoms with Crippen molar-refractivity contribution in [2.24, 2.45) is 0 Å². The van der Waals surface area contributed by atoms with E-state index in [0.717, 1.165) is 9.40 Å². The molecule has 0 unspecified atom stereocenters. The lowest BCUT2D eigenvalue weighted by atomic mass is 10.3. The molecule has 0 radical (unpaired) electrons. The van der Waals surface area contributed by atoms with Crippen molar-refractivity contribution < 1.29 is 8.83 Å². The molecule has 1 heterocycles. The van der Waals surface area contributed by atoms with Crippen LogP contribution in [0.5, 0.6) is 0 Å². The van der Waals surface area contributed by atoms with Gasteiger partial charge in [0.25, 0.3) is 0 Å². The summed E-state index contributed by atoms with van der Waals surface area (Å²) in [6, 6.07) is 14.8. The average Bonchev–Trinajstić information content (AvgIpc) is 2.31. The molecule has 0 amide bonds. The molecule has 1 aromatic heterocycles. The zero-order chi connectivity index (χ0) is 11.7. The van der Waals surface area contributed by atoms with Crippen LogP contribution in [0.4, 0.5) is 0 Å². The van der Waals surface area contributed by atoms with E-state index in [-0.39, 0.29) is 0 Å². The maximum absolute atomic E-state index is 11.5. The fourth-order valence-corrected chi connectivity index (χ4v) is 2.51. The van der Waals surface area contributed by atoms with E-state index in [2.05, 4.69) is 0 Å². The van der Waals surface area contributed by atoms with Crippen molar-refractivity contribution in [3.8, 4) is 0 Å². The van der Waals surface area contributed by atoms with Crippen LogP contribution in [0.1, 0.15) is 0 Å². The summed E-state index contributed by atoms with van der Waals surface area (Å²) < 4.78 is 12.0. The van der Waals surface area contributed by atoms with Crippen LogP contribution in [-0.2, 0) is 0 Å². The molecule has 0 aliphatic heterocycles. The lowest BCUT2D eigenvalue weighted by Crippen LogP contribution is -1.92. The summed E-state index contributed by atoms with van der Waals surface area (Å²) in [5.41, 5.74) is 1.05. The number of hydrogen-bond donors (Lipinski definition) is 0. The second kappa shape index (κ2) is 4.07. The third kappa shape index (κ3) is 1.94. The first kappa shape index (κ1) is 10.1. The highest BCUT2D eigenvalue weighted by molar-refractivity contribution is 7.24. The minimum absolute atomic E-state index is 0.525. The summed E-state index contributed by atoms with van der Waals surface area (Å²) in [6.07, 6.45) is 0. The van der Waals surface area contributed by atoms with E-state index >= 15 is 0 Å². The Morgan fingerprint density at radius 3 is 1.76 bits per heavy atom. The average molecular weight is 244 g/mol. The van der Waals surface area contributed by atoms with Crippen LogP contribution in [0.2, 0.25) is 0 Å². The molecule has 0 N–H and O–H groups in total. The molecule has 3 rings (SSSR count). The summed E-state index contributed by atoms with van der Waals surface area (Å²) in [5, 5.41) is 0. The Kier molecular flexibility index (Phi) is 2.42. The zero-order valence-corrected chi connectivity index (χ0v) is 9.57. The van der Waals surface area contributed by atoms with Gasteiger partial charge in [-0.1, -0.05) is 24.3 Å². The highest BCUT2D eigenvalue weighted by Crippen LogP contribution is 2.22. The van der Waals surface area contributed by atoms with Gasteiger partial charge in [-0.25, -0.2) is 4.79 Å². The van der Waals surface area contributed by atoms with E-state index in [0.29, 0.717) is 11.2 Å². The molecular weight excluding hydrogens is 236 g/mol. The Labute approximate surface area is 100 Å². The van der Waals surface area contributed by atoms with Crippen molar-refractivity contribution >= 4 is 31.9 Å². The van der Waals surface area contributed by atoms with Gasteiger partial charge in [0.2, 0.25) is 0 Å². The quantitative estimate of drug-likeness (QED) is 0.605. The third-order valence-corrected chi connectivity index (χ3v) is 3.42. The Balaban J connectivity index is 2.59. The summed E-state index contributed by atoms with van der Waals surface area (Å²) in [5.74, 6) is -0.704. The minimum Gasteiger partial charge on any atom is -0.393 e. The predicted octanol–water partition coefficient (Wildman–Crippen LogP) is 3.73. The van der Waals surface area contributed by atoms with Crippen LogP contribution in [0.15, 0.2) is 62.2 Å². The maximum atomic E-state index is 11.5. The molecule has 84 valence electrons. The van der Waals surface area contributed by atoms with Gasteiger partial charge in [-0.2, -0.15) is 0 Å². The van der Waals surface area contributed by atoms with Crippen molar-refractivity contribution in [3.05, 3.63) is 59.1 Å². The molecule has 0 atom stereocenters. The molecule has 3 aromatic rings. The molecule has 0 aliphatic rings. The van der Waals surface area contributed by atoms with Gasteiger partial charge in [-0.3, -0.25) is 0 Å². The fourth-order valence-electron chi connectivity index (χ4n) is 1.56. The molecule has 17 heavy (non-hydrogen) atoms. The molecular formula is C13H8O3S. The molecule has 4 heteroatoms. The van der Waals surface area contributed by atoms with Crippen LogP contribution in [-0.4, -0.2) is 0 Å². The van der Waals surface area contributed by atoms with Crippen molar-refractivity contribution in [2.75, 3.05) is 0 Å². The van der Waals surface area contributed by atoms with Gasteiger partial charge < -0.3 is 8.83 Å². The molecule has 0 aliphatic carbocycles. The van der Waals surface area contributed by atoms with E-state index in [9.17, 15) is 4.79 Å². The molecule has 0 saturated carbocycles. The number of rotatable bonds is 0.